The number of oxime groups is 1. The van der Waals surface area contributed by atoms with E-state index in [1.54, 1.807) is 6.07 Å². The van der Waals surface area contributed by atoms with Crippen LogP contribution in [0.25, 0.3) is 0 Å². The quantitative estimate of drug-likeness (QED) is 0.338. The number of nitrogens with two attached hydrogens (primary N) is 1. The van der Waals surface area contributed by atoms with Crippen molar-refractivity contribution in [3.05, 3.63) is 34.3 Å². The minimum Gasteiger partial charge on any atom is -0.409 e. The molecule has 1 aliphatic rings. The molecule has 1 aromatic carbocycles. The van der Waals surface area contributed by atoms with Gasteiger partial charge in [0.15, 0.2) is 5.84 Å². The van der Waals surface area contributed by atoms with Crippen molar-refractivity contribution in [1.29, 1.82) is 0 Å². The van der Waals surface area contributed by atoms with Gasteiger partial charge in [-0.25, -0.2) is 0 Å². The fourth-order valence-corrected chi connectivity index (χ4v) is 3.24. The Hall–Kier alpha value is -1.26. The SMILES string of the molecule is CC1CCCCC1CNCc1ccc(/C(N)=N/O)cc1Cl. The maximum atomic E-state index is 8.67. The van der Waals surface area contributed by atoms with E-state index >= 15 is 0 Å². The third-order valence-corrected chi connectivity index (χ3v) is 4.82. The molecule has 0 radical (unpaired) electrons. The first-order valence-corrected chi connectivity index (χ1v) is 7.96. The molecular formula is C16H24ClN3O. The van der Waals surface area contributed by atoms with E-state index in [-0.39, 0.29) is 5.84 Å². The van der Waals surface area contributed by atoms with Crippen LogP contribution in [0.4, 0.5) is 0 Å². The summed E-state index contributed by atoms with van der Waals surface area (Å²) in [6.45, 7) is 4.14. The Morgan fingerprint density at radius 2 is 2.19 bits per heavy atom. The van der Waals surface area contributed by atoms with Crippen molar-refractivity contribution in [2.75, 3.05) is 6.54 Å². The molecule has 1 aromatic rings. The fraction of sp³-hybridized carbons (Fsp3) is 0.562. The Labute approximate surface area is 131 Å². The second-order valence-corrected chi connectivity index (χ2v) is 6.35. The van der Waals surface area contributed by atoms with Gasteiger partial charge in [0.05, 0.1) is 0 Å². The highest BCUT2D eigenvalue weighted by Gasteiger charge is 2.20. The molecule has 4 nitrogen and oxygen atoms in total. The van der Waals surface area contributed by atoms with E-state index in [9.17, 15) is 0 Å². The Kier molecular flexibility index (Phi) is 5.88. The lowest BCUT2D eigenvalue weighted by Gasteiger charge is -2.29. The summed E-state index contributed by atoms with van der Waals surface area (Å²) in [5, 5.41) is 15.8. The highest BCUT2D eigenvalue weighted by atomic mass is 35.5. The van der Waals surface area contributed by atoms with Crippen LogP contribution in [-0.2, 0) is 6.54 Å². The second kappa shape index (κ2) is 7.66. The van der Waals surface area contributed by atoms with Crippen molar-refractivity contribution in [3.63, 3.8) is 0 Å². The Balaban J connectivity index is 1.88. The van der Waals surface area contributed by atoms with Gasteiger partial charge in [0.1, 0.15) is 0 Å². The van der Waals surface area contributed by atoms with E-state index < -0.39 is 0 Å². The van der Waals surface area contributed by atoms with Gasteiger partial charge in [0, 0.05) is 17.1 Å². The average Bonchev–Trinajstić information content (AvgIpc) is 2.50. The monoisotopic (exact) mass is 309 g/mol. The molecule has 0 aromatic heterocycles. The van der Waals surface area contributed by atoms with E-state index in [0.717, 1.165) is 30.5 Å². The molecule has 0 bridgehead atoms. The zero-order chi connectivity index (χ0) is 15.2. The van der Waals surface area contributed by atoms with Crippen molar-refractivity contribution >= 4 is 17.4 Å². The van der Waals surface area contributed by atoms with Crippen LogP contribution in [0.5, 0.6) is 0 Å². The summed E-state index contributed by atoms with van der Waals surface area (Å²) < 4.78 is 0. The number of rotatable bonds is 5. The molecule has 4 N–H and O–H groups in total. The molecule has 5 heteroatoms. The minimum absolute atomic E-state index is 0.0763. The molecule has 1 fully saturated rings. The summed E-state index contributed by atoms with van der Waals surface area (Å²) in [5.74, 6) is 1.66. The molecular weight excluding hydrogens is 286 g/mol. The van der Waals surface area contributed by atoms with Gasteiger partial charge >= 0.3 is 0 Å². The van der Waals surface area contributed by atoms with Crippen LogP contribution in [0.15, 0.2) is 23.4 Å². The summed E-state index contributed by atoms with van der Waals surface area (Å²) in [6.07, 6.45) is 5.40. The van der Waals surface area contributed by atoms with Crippen LogP contribution in [0.1, 0.15) is 43.7 Å². The maximum Gasteiger partial charge on any atom is 0.170 e. The van der Waals surface area contributed by atoms with Crippen molar-refractivity contribution in [3.8, 4) is 0 Å². The lowest BCUT2D eigenvalue weighted by Crippen LogP contribution is -2.29. The van der Waals surface area contributed by atoms with E-state index in [0.29, 0.717) is 10.6 Å². The Bertz CT molecular complexity index is 504. The number of hydrogen-bond donors (Lipinski definition) is 3. The van der Waals surface area contributed by atoms with Gasteiger partial charge in [-0.05, 0) is 36.4 Å². The number of nitrogens with zero attached hydrogens (tertiary/aromatic N) is 1. The van der Waals surface area contributed by atoms with Crippen LogP contribution >= 0.6 is 11.6 Å². The summed E-state index contributed by atoms with van der Waals surface area (Å²) in [4.78, 5) is 0. The van der Waals surface area contributed by atoms with Gasteiger partial charge in [0.2, 0.25) is 0 Å². The molecule has 0 saturated heterocycles. The van der Waals surface area contributed by atoms with E-state index in [1.165, 1.54) is 25.7 Å². The number of amidine groups is 1. The number of benzene rings is 1. The molecule has 2 unspecified atom stereocenters. The standard InChI is InChI=1S/C16H24ClN3O/c1-11-4-2-3-5-13(11)9-19-10-14-7-6-12(8-15(14)17)16(18)20-21/h6-8,11,13,19,21H,2-5,9-10H2,1H3,(H2,18,20). The van der Waals surface area contributed by atoms with Crippen LogP contribution in [0, 0.1) is 11.8 Å². The number of halogens is 1. The first-order valence-electron chi connectivity index (χ1n) is 7.59. The largest absolute Gasteiger partial charge is 0.409 e. The van der Waals surface area contributed by atoms with E-state index in [2.05, 4.69) is 17.4 Å². The highest BCUT2D eigenvalue weighted by molar-refractivity contribution is 6.31. The topological polar surface area (TPSA) is 70.6 Å². The minimum atomic E-state index is 0.0763. The molecule has 2 atom stereocenters. The van der Waals surface area contributed by atoms with Crippen molar-refractivity contribution < 1.29 is 5.21 Å². The van der Waals surface area contributed by atoms with Crippen LogP contribution in [0.2, 0.25) is 5.02 Å². The molecule has 1 saturated carbocycles. The number of nitrogens with one attached hydrogen (secondary N) is 1. The molecule has 1 aliphatic carbocycles. The molecule has 21 heavy (non-hydrogen) atoms. The molecule has 0 aliphatic heterocycles. The summed E-state index contributed by atoms with van der Waals surface area (Å²) in [5.41, 5.74) is 7.22. The summed E-state index contributed by atoms with van der Waals surface area (Å²) in [6, 6.07) is 5.48. The highest BCUT2D eigenvalue weighted by Crippen LogP contribution is 2.29. The Morgan fingerprint density at radius 1 is 1.43 bits per heavy atom. The van der Waals surface area contributed by atoms with Gasteiger partial charge in [-0.1, -0.05) is 55.1 Å². The molecule has 0 spiro atoms. The van der Waals surface area contributed by atoms with E-state index in [1.807, 2.05) is 12.1 Å². The molecule has 116 valence electrons. The van der Waals surface area contributed by atoms with Crippen molar-refractivity contribution in [2.45, 2.75) is 39.2 Å². The lowest BCUT2D eigenvalue weighted by atomic mass is 9.80. The van der Waals surface area contributed by atoms with Crippen LogP contribution in [0.3, 0.4) is 0 Å². The third-order valence-electron chi connectivity index (χ3n) is 4.47. The van der Waals surface area contributed by atoms with E-state index in [4.69, 9.17) is 22.5 Å². The smallest absolute Gasteiger partial charge is 0.170 e. The summed E-state index contributed by atoms with van der Waals surface area (Å²) in [7, 11) is 0. The maximum absolute atomic E-state index is 8.67. The average molecular weight is 310 g/mol. The normalized spacial score (nSPS) is 23.2. The predicted molar refractivity (Wildman–Crippen MR) is 86.8 cm³/mol. The van der Waals surface area contributed by atoms with Gasteiger partial charge in [-0.3, -0.25) is 0 Å². The fourth-order valence-electron chi connectivity index (χ4n) is 3.00. The molecule has 0 amide bonds. The van der Waals surface area contributed by atoms with Gasteiger partial charge < -0.3 is 16.3 Å². The lowest BCUT2D eigenvalue weighted by molar-refractivity contribution is 0.247. The molecule has 0 heterocycles. The number of hydrogen-bond acceptors (Lipinski definition) is 3. The Morgan fingerprint density at radius 3 is 2.86 bits per heavy atom. The molecule has 2 rings (SSSR count). The second-order valence-electron chi connectivity index (χ2n) is 5.94. The first kappa shape index (κ1) is 16.1. The van der Waals surface area contributed by atoms with Gasteiger partial charge in [-0.2, -0.15) is 0 Å². The van der Waals surface area contributed by atoms with Crippen LogP contribution < -0.4 is 11.1 Å². The zero-order valence-corrected chi connectivity index (χ0v) is 13.2. The van der Waals surface area contributed by atoms with Gasteiger partial charge in [0.25, 0.3) is 0 Å². The summed E-state index contributed by atoms with van der Waals surface area (Å²) >= 11 is 6.25. The van der Waals surface area contributed by atoms with Crippen LogP contribution in [-0.4, -0.2) is 17.6 Å². The van der Waals surface area contributed by atoms with Gasteiger partial charge in [-0.15, -0.1) is 0 Å². The predicted octanol–water partition coefficient (Wildman–Crippen LogP) is 3.35. The van der Waals surface area contributed by atoms with Crippen molar-refractivity contribution in [2.24, 2.45) is 22.7 Å². The van der Waals surface area contributed by atoms with Crippen molar-refractivity contribution in [1.82, 2.24) is 5.32 Å². The first-order chi connectivity index (χ1) is 10.1. The third kappa shape index (κ3) is 4.35. The zero-order valence-electron chi connectivity index (χ0n) is 12.5.